The van der Waals surface area contributed by atoms with Crippen LogP contribution in [0.1, 0.15) is 13.8 Å². The van der Waals surface area contributed by atoms with Crippen molar-refractivity contribution in [3.63, 3.8) is 0 Å². The highest BCUT2D eigenvalue weighted by molar-refractivity contribution is 7.89. The van der Waals surface area contributed by atoms with Gasteiger partial charge in [-0.3, -0.25) is 0 Å². The summed E-state index contributed by atoms with van der Waals surface area (Å²) in [6.45, 7) is 4.56. The van der Waals surface area contributed by atoms with E-state index in [1.165, 1.54) is 12.3 Å². The second-order valence-electron chi connectivity index (χ2n) is 5.23. The quantitative estimate of drug-likeness (QED) is 0.492. The van der Waals surface area contributed by atoms with Crippen LogP contribution in [-0.2, 0) is 10.0 Å². The van der Waals surface area contributed by atoms with Crippen molar-refractivity contribution < 1.29 is 8.42 Å². The number of nitrogen functional groups attached to an aromatic ring is 1. The summed E-state index contributed by atoms with van der Waals surface area (Å²) in [7, 11) is 0.132. The van der Waals surface area contributed by atoms with Crippen molar-refractivity contribution in [3.8, 4) is 0 Å². The molecule has 0 aliphatic rings. The number of nitrogens with one attached hydrogen (secondary N) is 2. The van der Waals surface area contributed by atoms with Crippen LogP contribution in [0.2, 0.25) is 0 Å². The summed E-state index contributed by atoms with van der Waals surface area (Å²) in [5, 5.41) is 0. The number of nitrogens with zero attached hydrogens (tertiary/aromatic N) is 2. The number of anilines is 1. The molecule has 4 N–H and O–H groups in total. The normalized spacial score (nSPS) is 13.8. The zero-order valence-corrected chi connectivity index (χ0v) is 13.1. The minimum Gasteiger partial charge on any atom is -0.308 e. The first-order valence-electron chi connectivity index (χ1n) is 6.36. The zero-order valence-electron chi connectivity index (χ0n) is 12.3. The van der Waals surface area contributed by atoms with Gasteiger partial charge in [0.25, 0.3) is 0 Å². The number of pyridine rings is 1. The van der Waals surface area contributed by atoms with E-state index in [4.69, 9.17) is 5.84 Å². The first-order valence-corrected chi connectivity index (χ1v) is 7.85. The Morgan fingerprint density at radius 1 is 1.40 bits per heavy atom. The van der Waals surface area contributed by atoms with Gasteiger partial charge in [0.2, 0.25) is 10.0 Å². The van der Waals surface area contributed by atoms with E-state index in [0.717, 1.165) is 0 Å². The number of aromatic nitrogens is 1. The van der Waals surface area contributed by atoms with Crippen molar-refractivity contribution in [1.82, 2.24) is 14.6 Å². The molecule has 0 saturated heterocycles. The fraction of sp³-hybridized carbons (Fsp3) is 0.583. The number of sulfonamides is 1. The molecule has 0 amide bonds. The average molecular weight is 301 g/mol. The lowest BCUT2D eigenvalue weighted by Gasteiger charge is -2.25. The lowest BCUT2D eigenvalue weighted by atomic mass is 10.1. The standard InChI is InChI=1S/C12H23N5O2S/c1-9(2)10(8-17(3)4)16-20(18,19)11-6-5-7-14-12(11)15-13/h5-7,9-10,16H,8,13H2,1-4H3,(H,14,15). The number of hydrogen-bond donors (Lipinski definition) is 3. The molecule has 0 aliphatic heterocycles. The summed E-state index contributed by atoms with van der Waals surface area (Å²) >= 11 is 0. The smallest absolute Gasteiger partial charge is 0.244 e. The molecule has 0 aliphatic carbocycles. The van der Waals surface area contributed by atoms with Gasteiger partial charge in [0.15, 0.2) is 5.82 Å². The minimum absolute atomic E-state index is 0.0481. The molecule has 1 heterocycles. The van der Waals surface area contributed by atoms with Crippen LogP contribution in [0.5, 0.6) is 0 Å². The predicted molar refractivity (Wildman–Crippen MR) is 79.5 cm³/mol. The van der Waals surface area contributed by atoms with E-state index < -0.39 is 10.0 Å². The van der Waals surface area contributed by atoms with Gasteiger partial charge in [0, 0.05) is 18.8 Å². The van der Waals surface area contributed by atoms with Gasteiger partial charge in [-0.25, -0.2) is 24.0 Å². The van der Waals surface area contributed by atoms with Crippen LogP contribution in [0.15, 0.2) is 23.2 Å². The van der Waals surface area contributed by atoms with E-state index in [-0.39, 0.29) is 22.7 Å². The van der Waals surface area contributed by atoms with Crippen LogP contribution in [0.25, 0.3) is 0 Å². The molecule has 1 atom stereocenters. The third kappa shape index (κ3) is 4.41. The molecule has 1 unspecified atom stereocenters. The molecular weight excluding hydrogens is 278 g/mol. The topological polar surface area (TPSA) is 100 Å². The molecule has 7 nitrogen and oxygen atoms in total. The molecule has 0 spiro atoms. The molecule has 20 heavy (non-hydrogen) atoms. The molecule has 114 valence electrons. The predicted octanol–water partition coefficient (Wildman–Crippen LogP) is 0.232. The van der Waals surface area contributed by atoms with Gasteiger partial charge in [-0.1, -0.05) is 13.8 Å². The number of hydrazine groups is 1. The Balaban J connectivity index is 3.03. The molecule has 1 rings (SSSR count). The summed E-state index contributed by atoms with van der Waals surface area (Å²) in [4.78, 5) is 5.90. The minimum atomic E-state index is -3.67. The Morgan fingerprint density at radius 2 is 2.05 bits per heavy atom. The van der Waals surface area contributed by atoms with Crippen molar-refractivity contribution in [2.75, 3.05) is 26.1 Å². The van der Waals surface area contributed by atoms with Gasteiger partial charge in [-0.2, -0.15) is 0 Å². The Labute approximate surface area is 120 Å². The molecule has 1 aromatic heterocycles. The summed E-state index contributed by atoms with van der Waals surface area (Å²) in [6, 6.07) is 2.84. The van der Waals surface area contributed by atoms with Gasteiger partial charge in [-0.05, 0) is 32.1 Å². The lowest BCUT2D eigenvalue weighted by Crippen LogP contribution is -2.45. The van der Waals surface area contributed by atoms with E-state index >= 15 is 0 Å². The highest BCUT2D eigenvalue weighted by Gasteiger charge is 2.25. The first-order chi connectivity index (χ1) is 9.27. The highest BCUT2D eigenvalue weighted by atomic mass is 32.2. The van der Waals surface area contributed by atoms with Crippen LogP contribution >= 0.6 is 0 Å². The highest BCUT2D eigenvalue weighted by Crippen LogP contribution is 2.18. The monoisotopic (exact) mass is 301 g/mol. The van der Waals surface area contributed by atoms with Gasteiger partial charge >= 0.3 is 0 Å². The van der Waals surface area contributed by atoms with Gasteiger partial charge < -0.3 is 10.3 Å². The van der Waals surface area contributed by atoms with E-state index in [9.17, 15) is 8.42 Å². The largest absolute Gasteiger partial charge is 0.308 e. The molecule has 1 aromatic rings. The van der Waals surface area contributed by atoms with Crippen LogP contribution in [0, 0.1) is 5.92 Å². The first kappa shape index (κ1) is 16.8. The van der Waals surface area contributed by atoms with Crippen molar-refractivity contribution in [2.24, 2.45) is 11.8 Å². The molecule has 0 saturated carbocycles. The zero-order chi connectivity index (χ0) is 15.3. The van der Waals surface area contributed by atoms with E-state index in [1.54, 1.807) is 6.07 Å². The molecule has 8 heteroatoms. The fourth-order valence-corrected chi connectivity index (χ4v) is 3.25. The van der Waals surface area contributed by atoms with Crippen molar-refractivity contribution in [1.29, 1.82) is 0 Å². The summed E-state index contributed by atoms with van der Waals surface area (Å²) in [5.41, 5.74) is 2.30. The average Bonchev–Trinajstić information content (AvgIpc) is 2.37. The Morgan fingerprint density at radius 3 is 2.55 bits per heavy atom. The maximum absolute atomic E-state index is 12.4. The maximum atomic E-state index is 12.4. The molecule has 0 radical (unpaired) electrons. The van der Waals surface area contributed by atoms with Gasteiger partial charge in [0.1, 0.15) is 4.90 Å². The van der Waals surface area contributed by atoms with Gasteiger partial charge in [0.05, 0.1) is 0 Å². The molecular formula is C12H23N5O2S. The van der Waals surface area contributed by atoms with Crippen molar-refractivity contribution in [2.45, 2.75) is 24.8 Å². The maximum Gasteiger partial charge on any atom is 0.244 e. The fourth-order valence-electron chi connectivity index (χ4n) is 1.76. The van der Waals surface area contributed by atoms with Crippen molar-refractivity contribution in [3.05, 3.63) is 18.3 Å². The van der Waals surface area contributed by atoms with Gasteiger partial charge in [-0.15, -0.1) is 0 Å². The van der Waals surface area contributed by atoms with Crippen molar-refractivity contribution >= 4 is 15.8 Å². The number of likely N-dealkylation sites (N-methyl/N-ethyl adjacent to an activating group) is 1. The van der Waals surface area contributed by atoms with Crippen LogP contribution in [0.3, 0.4) is 0 Å². The third-order valence-corrected chi connectivity index (χ3v) is 4.39. The molecule has 0 bridgehead atoms. The summed E-state index contributed by atoms with van der Waals surface area (Å²) in [5.74, 6) is 5.60. The molecule has 0 fully saturated rings. The number of nitrogens with two attached hydrogens (primary N) is 1. The van der Waals surface area contributed by atoms with E-state index in [0.29, 0.717) is 6.54 Å². The second kappa shape index (κ2) is 6.98. The van der Waals surface area contributed by atoms with Crippen LogP contribution in [0.4, 0.5) is 5.82 Å². The van der Waals surface area contributed by atoms with Crippen LogP contribution in [-0.4, -0.2) is 45.0 Å². The van der Waals surface area contributed by atoms with E-state index in [1.807, 2.05) is 32.8 Å². The molecule has 0 aromatic carbocycles. The summed E-state index contributed by atoms with van der Waals surface area (Å²) in [6.07, 6.45) is 1.48. The Hall–Kier alpha value is -1.22. The number of rotatable bonds is 7. The number of hydrogen-bond acceptors (Lipinski definition) is 6. The third-order valence-electron chi connectivity index (χ3n) is 2.87. The Kier molecular flexibility index (Phi) is 5.88. The SMILES string of the molecule is CC(C)C(CN(C)C)NS(=O)(=O)c1cccnc1NN. The lowest BCUT2D eigenvalue weighted by molar-refractivity contribution is 0.314. The summed E-state index contributed by atoms with van der Waals surface area (Å²) < 4.78 is 27.6. The van der Waals surface area contributed by atoms with Crippen LogP contribution < -0.4 is 16.0 Å². The second-order valence-corrected chi connectivity index (χ2v) is 6.91. The van der Waals surface area contributed by atoms with E-state index in [2.05, 4.69) is 15.1 Å². The Bertz CT molecular complexity index is 530.